The summed E-state index contributed by atoms with van der Waals surface area (Å²) in [7, 11) is 0. The molecule has 0 radical (unpaired) electrons. The van der Waals surface area contributed by atoms with E-state index in [9.17, 15) is 4.79 Å². The minimum atomic E-state index is -0.326. The van der Waals surface area contributed by atoms with Crippen molar-refractivity contribution in [3.8, 4) is 6.07 Å². The molecule has 0 saturated carbocycles. The predicted molar refractivity (Wildman–Crippen MR) is 65.9 cm³/mol. The van der Waals surface area contributed by atoms with Crippen molar-refractivity contribution in [1.82, 2.24) is 19.2 Å². The van der Waals surface area contributed by atoms with E-state index in [0.717, 1.165) is 4.68 Å². The summed E-state index contributed by atoms with van der Waals surface area (Å²) in [6, 6.07) is 1.92. The van der Waals surface area contributed by atoms with Crippen molar-refractivity contribution in [2.75, 3.05) is 31.2 Å². The fourth-order valence-electron chi connectivity index (χ4n) is 2.10. The van der Waals surface area contributed by atoms with E-state index < -0.39 is 0 Å². The molecule has 0 unspecified atom stereocenters. The molecule has 2 aromatic heterocycles. The molecule has 2 aromatic rings. The molecule has 0 N–H and O–H groups in total. The zero-order valence-corrected chi connectivity index (χ0v) is 10.2. The standard InChI is InChI=1S/C11H12N6O2/c12-1-3-17-11(18)16-4-2-13-9(10(16)14-17)15-5-7-19-8-6-15/h2,4H,3,5-8H2. The van der Waals surface area contributed by atoms with Crippen molar-refractivity contribution < 1.29 is 4.74 Å². The van der Waals surface area contributed by atoms with E-state index in [0.29, 0.717) is 37.8 Å². The molecule has 0 aromatic carbocycles. The number of ether oxygens (including phenoxy) is 1. The number of hydrogen-bond donors (Lipinski definition) is 0. The highest BCUT2D eigenvalue weighted by atomic mass is 16.5. The van der Waals surface area contributed by atoms with Crippen molar-refractivity contribution in [2.24, 2.45) is 0 Å². The zero-order valence-electron chi connectivity index (χ0n) is 10.2. The topological polar surface area (TPSA) is 88.4 Å². The largest absolute Gasteiger partial charge is 0.378 e. The van der Waals surface area contributed by atoms with E-state index in [1.54, 1.807) is 12.4 Å². The SMILES string of the molecule is N#CCn1nc2c(N3CCOCC3)nccn2c1=O. The van der Waals surface area contributed by atoms with Crippen LogP contribution < -0.4 is 10.6 Å². The maximum Gasteiger partial charge on any atom is 0.351 e. The third-order valence-electron chi connectivity index (χ3n) is 3.01. The molecule has 19 heavy (non-hydrogen) atoms. The summed E-state index contributed by atoms with van der Waals surface area (Å²) in [5.41, 5.74) is 0.151. The van der Waals surface area contributed by atoms with Gasteiger partial charge in [-0.15, -0.1) is 5.10 Å². The van der Waals surface area contributed by atoms with Crippen LogP contribution in [0.15, 0.2) is 17.2 Å². The van der Waals surface area contributed by atoms with Crippen LogP contribution in [0.3, 0.4) is 0 Å². The second-order valence-corrected chi connectivity index (χ2v) is 4.14. The summed E-state index contributed by atoms with van der Waals surface area (Å²) in [5.74, 6) is 0.652. The normalized spacial score (nSPS) is 15.6. The predicted octanol–water partition coefficient (Wildman–Crippen LogP) is -0.749. The number of rotatable bonds is 2. The lowest BCUT2D eigenvalue weighted by Crippen LogP contribution is -2.37. The third-order valence-corrected chi connectivity index (χ3v) is 3.01. The van der Waals surface area contributed by atoms with Gasteiger partial charge in [0.05, 0.1) is 19.3 Å². The van der Waals surface area contributed by atoms with Gasteiger partial charge in [0.15, 0.2) is 5.82 Å². The van der Waals surface area contributed by atoms with Crippen molar-refractivity contribution in [1.29, 1.82) is 5.26 Å². The van der Waals surface area contributed by atoms with Crippen LogP contribution in [0.4, 0.5) is 5.82 Å². The summed E-state index contributed by atoms with van der Waals surface area (Å²) < 4.78 is 7.85. The van der Waals surface area contributed by atoms with Gasteiger partial charge in [-0.1, -0.05) is 0 Å². The fraction of sp³-hybridized carbons (Fsp3) is 0.455. The Kier molecular flexibility index (Phi) is 2.89. The number of morpholine rings is 1. The molecule has 0 spiro atoms. The highest BCUT2D eigenvalue weighted by molar-refractivity contribution is 5.63. The average molecular weight is 260 g/mol. The van der Waals surface area contributed by atoms with Crippen LogP contribution in [0, 0.1) is 11.3 Å². The van der Waals surface area contributed by atoms with E-state index in [1.807, 2.05) is 11.0 Å². The number of nitriles is 1. The smallest absolute Gasteiger partial charge is 0.351 e. The Bertz CT molecular complexity index is 691. The van der Waals surface area contributed by atoms with E-state index in [1.165, 1.54) is 4.40 Å². The second kappa shape index (κ2) is 4.70. The van der Waals surface area contributed by atoms with Crippen LogP contribution in [0.1, 0.15) is 0 Å². The number of anilines is 1. The lowest BCUT2D eigenvalue weighted by atomic mass is 10.4. The third kappa shape index (κ3) is 1.94. The molecule has 3 heterocycles. The molecule has 0 atom stereocenters. The Labute approximate surface area is 108 Å². The molecule has 0 amide bonds. The first-order chi connectivity index (χ1) is 9.31. The van der Waals surface area contributed by atoms with Gasteiger partial charge in [-0.2, -0.15) is 9.94 Å². The molecule has 0 aliphatic carbocycles. The lowest BCUT2D eigenvalue weighted by molar-refractivity contribution is 0.122. The van der Waals surface area contributed by atoms with Gasteiger partial charge in [0.25, 0.3) is 0 Å². The van der Waals surface area contributed by atoms with E-state index in [2.05, 4.69) is 10.1 Å². The highest BCUT2D eigenvalue weighted by Crippen LogP contribution is 2.16. The molecule has 3 rings (SSSR count). The Balaban J connectivity index is 2.12. The van der Waals surface area contributed by atoms with Crippen LogP contribution in [0.5, 0.6) is 0 Å². The number of fused-ring (bicyclic) bond motifs is 1. The maximum atomic E-state index is 12.0. The molecule has 1 aliphatic rings. The molecule has 0 bridgehead atoms. The van der Waals surface area contributed by atoms with Gasteiger partial charge in [0.1, 0.15) is 6.54 Å². The summed E-state index contributed by atoms with van der Waals surface area (Å²) >= 11 is 0. The Morgan fingerprint density at radius 2 is 2.21 bits per heavy atom. The van der Waals surface area contributed by atoms with Crippen molar-refractivity contribution >= 4 is 11.5 Å². The number of nitrogens with zero attached hydrogens (tertiary/aromatic N) is 6. The number of hydrogen-bond acceptors (Lipinski definition) is 6. The Morgan fingerprint density at radius 3 is 2.95 bits per heavy atom. The minimum Gasteiger partial charge on any atom is -0.378 e. The first-order valence-electron chi connectivity index (χ1n) is 5.95. The summed E-state index contributed by atoms with van der Waals surface area (Å²) in [6.45, 7) is 2.62. The lowest BCUT2D eigenvalue weighted by Gasteiger charge is -2.27. The molecule has 8 heteroatoms. The monoisotopic (exact) mass is 260 g/mol. The maximum absolute atomic E-state index is 12.0. The summed E-state index contributed by atoms with van der Waals surface area (Å²) in [5, 5.41) is 12.9. The molecule has 1 saturated heterocycles. The van der Waals surface area contributed by atoms with E-state index in [-0.39, 0.29) is 12.2 Å². The molecule has 1 fully saturated rings. The van der Waals surface area contributed by atoms with Crippen LogP contribution in [0.2, 0.25) is 0 Å². The first kappa shape index (κ1) is 11.7. The minimum absolute atomic E-state index is 0.0664. The van der Waals surface area contributed by atoms with Crippen molar-refractivity contribution in [3.63, 3.8) is 0 Å². The van der Waals surface area contributed by atoms with Gasteiger partial charge in [-0.25, -0.2) is 14.2 Å². The van der Waals surface area contributed by atoms with Gasteiger partial charge in [0, 0.05) is 25.5 Å². The van der Waals surface area contributed by atoms with Crippen molar-refractivity contribution in [3.05, 3.63) is 22.9 Å². The van der Waals surface area contributed by atoms with Crippen LogP contribution >= 0.6 is 0 Å². The molecule has 98 valence electrons. The Hall–Kier alpha value is -2.40. The van der Waals surface area contributed by atoms with Gasteiger partial charge in [-0.3, -0.25) is 0 Å². The quantitative estimate of drug-likeness (QED) is 0.706. The molecule has 8 nitrogen and oxygen atoms in total. The van der Waals surface area contributed by atoms with E-state index in [4.69, 9.17) is 10.00 Å². The van der Waals surface area contributed by atoms with Crippen LogP contribution in [0.25, 0.3) is 5.65 Å². The molecular formula is C11H12N6O2. The average Bonchev–Trinajstić information content (AvgIpc) is 2.77. The van der Waals surface area contributed by atoms with Crippen molar-refractivity contribution in [2.45, 2.75) is 6.54 Å². The number of aromatic nitrogens is 4. The summed E-state index contributed by atoms with van der Waals surface area (Å²) in [4.78, 5) is 18.3. The van der Waals surface area contributed by atoms with E-state index >= 15 is 0 Å². The van der Waals surface area contributed by atoms with Gasteiger partial charge >= 0.3 is 5.69 Å². The molecule has 1 aliphatic heterocycles. The van der Waals surface area contributed by atoms with Crippen LogP contribution in [-0.4, -0.2) is 45.5 Å². The van der Waals surface area contributed by atoms with Crippen LogP contribution in [-0.2, 0) is 11.3 Å². The van der Waals surface area contributed by atoms with Gasteiger partial charge in [0.2, 0.25) is 5.65 Å². The second-order valence-electron chi connectivity index (χ2n) is 4.14. The first-order valence-corrected chi connectivity index (χ1v) is 5.95. The zero-order chi connectivity index (χ0) is 13.2. The summed E-state index contributed by atoms with van der Waals surface area (Å²) in [6.07, 6.45) is 3.13. The van der Waals surface area contributed by atoms with Gasteiger partial charge < -0.3 is 9.64 Å². The molecular weight excluding hydrogens is 248 g/mol. The highest BCUT2D eigenvalue weighted by Gasteiger charge is 2.18. The van der Waals surface area contributed by atoms with Gasteiger partial charge in [-0.05, 0) is 0 Å². The fourth-order valence-corrected chi connectivity index (χ4v) is 2.10. The Morgan fingerprint density at radius 1 is 1.42 bits per heavy atom.